The Hall–Kier alpha value is -1.69. The average Bonchev–Trinajstić information content (AvgIpc) is 3.25. The van der Waals surface area contributed by atoms with Gasteiger partial charge in [-0.25, -0.2) is 9.97 Å². The summed E-state index contributed by atoms with van der Waals surface area (Å²) in [4.78, 5) is 21.8. The molecule has 6 nitrogen and oxygen atoms in total. The van der Waals surface area contributed by atoms with Gasteiger partial charge in [0.25, 0.3) is 0 Å². The van der Waals surface area contributed by atoms with E-state index in [9.17, 15) is 4.79 Å². The Morgan fingerprint density at radius 2 is 2.13 bits per heavy atom. The fourth-order valence-electron chi connectivity index (χ4n) is 3.13. The van der Waals surface area contributed by atoms with Gasteiger partial charge in [0, 0.05) is 30.4 Å². The van der Waals surface area contributed by atoms with Crippen LogP contribution in [-0.4, -0.2) is 51.1 Å². The van der Waals surface area contributed by atoms with E-state index in [0.29, 0.717) is 18.0 Å². The number of hydrogen-bond donors (Lipinski definition) is 2. The van der Waals surface area contributed by atoms with Crippen molar-refractivity contribution < 1.29 is 9.90 Å². The van der Waals surface area contributed by atoms with Crippen LogP contribution in [0.5, 0.6) is 0 Å². The molecule has 0 unspecified atom stereocenters. The third kappa shape index (κ3) is 4.41. The Balaban J connectivity index is 1.51. The molecule has 0 radical (unpaired) electrons. The third-order valence-corrected chi connectivity index (χ3v) is 4.79. The van der Waals surface area contributed by atoms with Crippen LogP contribution in [0.15, 0.2) is 12.4 Å². The van der Waals surface area contributed by atoms with E-state index in [0.717, 1.165) is 36.8 Å². The molecule has 3 rings (SSSR count). The number of nitrogens with zero attached hydrogens (tertiary/aromatic N) is 3. The van der Waals surface area contributed by atoms with E-state index >= 15 is 0 Å². The number of anilines is 1. The zero-order chi connectivity index (χ0) is 16.4. The lowest BCUT2D eigenvalue weighted by atomic mass is 9.85. The van der Waals surface area contributed by atoms with E-state index < -0.39 is 5.97 Å². The van der Waals surface area contributed by atoms with Gasteiger partial charge in [0.2, 0.25) is 0 Å². The second-order valence-electron chi connectivity index (χ2n) is 7.22. The first-order valence-electron chi connectivity index (χ1n) is 8.55. The lowest BCUT2D eigenvalue weighted by Gasteiger charge is -2.43. The van der Waals surface area contributed by atoms with Crippen LogP contribution in [0.2, 0.25) is 0 Å². The van der Waals surface area contributed by atoms with Gasteiger partial charge in [0.1, 0.15) is 12.1 Å². The Kier molecular flexibility index (Phi) is 4.80. The number of carboxylic acids is 1. The van der Waals surface area contributed by atoms with Crippen molar-refractivity contribution in [3.63, 3.8) is 0 Å². The first kappa shape index (κ1) is 16.2. The predicted molar refractivity (Wildman–Crippen MR) is 88.5 cm³/mol. The van der Waals surface area contributed by atoms with Crippen molar-refractivity contribution in [2.24, 2.45) is 5.92 Å². The van der Waals surface area contributed by atoms with Crippen LogP contribution in [0.25, 0.3) is 0 Å². The maximum Gasteiger partial charge on any atom is 0.317 e. The molecule has 0 amide bonds. The minimum absolute atomic E-state index is 0.166. The normalized spacial score (nSPS) is 23.8. The van der Waals surface area contributed by atoms with Crippen LogP contribution < -0.4 is 5.32 Å². The highest BCUT2D eigenvalue weighted by molar-refractivity contribution is 5.69. The molecule has 0 bridgehead atoms. The molecule has 2 saturated carbocycles. The molecule has 0 aromatic carbocycles. The molecule has 0 saturated heterocycles. The smallest absolute Gasteiger partial charge is 0.317 e. The van der Waals surface area contributed by atoms with Gasteiger partial charge < -0.3 is 10.4 Å². The van der Waals surface area contributed by atoms with Gasteiger partial charge in [-0.3, -0.25) is 9.69 Å². The number of aromatic nitrogens is 2. The molecule has 2 fully saturated rings. The summed E-state index contributed by atoms with van der Waals surface area (Å²) in [5.74, 6) is 1.26. The Morgan fingerprint density at radius 1 is 1.39 bits per heavy atom. The fourth-order valence-corrected chi connectivity index (χ4v) is 3.13. The molecule has 1 heterocycles. The zero-order valence-electron chi connectivity index (χ0n) is 13.9. The second kappa shape index (κ2) is 6.83. The summed E-state index contributed by atoms with van der Waals surface area (Å²) in [6.45, 7) is 5.34. The van der Waals surface area contributed by atoms with Gasteiger partial charge >= 0.3 is 5.97 Å². The van der Waals surface area contributed by atoms with E-state index in [2.05, 4.69) is 34.0 Å². The SMILES string of the molecule is CC(C)c1cc(NC2CC(N(CC(=O)O)CC3CC3)C2)ncn1. The Morgan fingerprint density at radius 3 is 2.74 bits per heavy atom. The summed E-state index contributed by atoms with van der Waals surface area (Å²) >= 11 is 0. The lowest BCUT2D eigenvalue weighted by molar-refractivity contribution is -0.139. The first-order valence-corrected chi connectivity index (χ1v) is 8.55. The van der Waals surface area contributed by atoms with Gasteiger partial charge in [-0.2, -0.15) is 0 Å². The standard InChI is InChI=1S/C17H26N4O2/c1-11(2)15-7-16(19-10-18-15)20-13-5-14(6-13)21(9-17(22)23)8-12-3-4-12/h7,10-14H,3-6,8-9H2,1-2H3,(H,22,23)(H,18,19,20). The van der Waals surface area contributed by atoms with Crippen LogP contribution in [0.1, 0.15) is 51.1 Å². The second-order valence-corrected chi connectivity index (χ2v) is 7.22. The summed E-state index contributed by atoms with van der Waals surface area (Å²) in [7, 11) is 0. The molecular weight excluding hydrogens is 292 g/mol. The largest absolute Gasteiger partial charge is 0.480 e. The fraction of sp³-hybridized carbons (Fsp3) is 0.706. The summed E-state index contributed by atoms with van der Waals surface area (Å²) in [6.07, 6.45) is 6.09. The van der Waals surface area contributed by atoms with E-state index in [-0.39, 0.29) is 6.54 Å². The minimum Gasteiger partial charge on any atom is -0.480 e. The van der Waals surface area contributed by atoms with Crippen molar-refractivity contribution in [1.82, 2.24) is 14.9 Å². The van der Waals surface area contributed by atoms with Crippen LogP contribution in [0.3, 0.4) is 0 Å². The molecular formula is C17H26N4O2. The minimum atomic E-state index is -0.723. The van der Waals surface area contributed by atoms with Crippen molar-refractivity contribution in [3.05, 3.63) is 18.1 Å². The zero-order valence-corrected chi connectivity index (χ0v) is 13.9. The number of carboxylic acid groups (broad SMARTS) is 1. The highest BCUT2D eigenvalue weighted by Gasteiger charge is 2.37. The van der Waals surface area contributed by atoms with Crippen LogP contribution in [-0.2, 0) is 4.79 Å². The lowest BCUT2D eigenvalue weighted by Crippen LogP contribution is -2.52. The maximum atomic E-state index is 11.1. The maximum absolute atomic E-state index is 11.1. The number of carbonyl (C=O) groups is 1. The molecule has 2 N–H and O–H groups in total. The molecule has 23 heavy (non-hydrogen) atoms. The van der Waals surface area contributed by atoms with E-state index in [4.69, 9.17) is 5.11 Å². The van der Waals surface area contributed by atoms with Gasteiger partial charge in [0.15, 0.2) is 0 Å². The summed E-state index contributed by atoms with van der Waals surface area (Å²) in [5.41, 5.74) is 1.04. The van der Waals surface area contributed by atoms with Gasteiger partial charge in [-0.15, -0.1) is 0 Å². The molecule has 1 aromatic rings. The van der Waals surface area contributed by atoms with E-state index in [1.54, 1.807) is 6.33 Å². The summed E-state index contributed by atoms with van der Waals surface area (Å²) < 4.78 is 0. The number of hydrogen-bond acceptors (Lipinski definition) is 5. The van der Waals surface area contributed by atoms with Crippen molar-refractivity contribution in [1.29, 1.82) is 0 Å². The van der Waals surface area contributed by atoms with Gasteiger partial charge in [-0.1, -0.05) is 13.8 Å². The molecule has 6 heteroatoms. The van der Waals surface area contributed by atoms with E-state index in [1.165, 1.54) is 12.8 Å². The molecule has 0 atom stereocenters. The van der Waals surface area contributed by atoms with Crippen molar-refractivity contribution >= 4 is 11.8 Å². The first-order chi connectivity index (χ1) is 11.0. The molecule has 2 aliphatic carbocycles. The number of rotatable bonds is 8. The highest BCUT2D eigenvalue weighted by Crippen LogP contribution is 2.34. The van der Waals surface area contributed by atoms with Crippen LogP contribution in [0.4, 0.5) is 5.82 Å². The number of nitrogens with one attached hydrogen (secondary N) is 1. The third-order valence-electron chi connectivity index (χ3n) is 4.79. The number of aliphatic carboxylic acids is 1. The van der Waals surface area contributed by atoms with E-state index in [1.807, 2.05) is 6.07 Å². The van der Waals surface area contributed by atoms with Crippen molar-refractivity contribution in [2.45, 2.75) is 57.5 Å². The molecule has 1 aromatic heterocycles. The molecule has 2 aliphatic rings. The summed E-state index contributed by atoms with van der Waals surface area (Å²) in [6, 6.07) is 2.78. The quantitative estimate of drug-likeness (QED) is 0.766. The molecule has 0 spiro atoms. The highest BCUT2D eigenvalue weighted by atomic mass is 16.4. The van der Waals surface area contributed by atoms with Crippen LogP contribution in [0, 0.1) is 5.92 Å². The topological polar surface area (TPSA) is 78.4 Å². The summed E-state index contributed by atoms with van der Waals surface area (Å²) in [5, 5.41) is 12.6. The molecule has 126 valence electrons. The van der Waals surface area contributed by atoms with Crippen LogP contribution >= 0.6 is 0 Å². The van der Waals surface area contributed by atoms with Gasteiger partial charge in [0.05, 0.1) is 6.54 Å². The molecule has 0 aliphatic heterocycles. The van der Waals surface area contributed by atoms with Crippen molar-refractivity contribution in [2.75, 3.05) is 18.4 Å². The monoisotopic (exact) mass is 318 g/mol. The Bertz CT molecular complexity index is 553. The predicted octanol–water partition coefficient (Wildman–Crippen LogP) is 2.34. The average molecular weight is 318 g/mol. The van der Waals surface area contributed by atoms with Gasteiger partial charge in [-0.05, 0) is 37.5 Å². The van der Waals surface area contributed by atoms with Crippen molar-refractivity contribution in [3.8, 4) is 0 Å². The Labute approximate surface area is 137 Å².